The number of carbonyl (C=O) groups excluding carboxylic acids is 1. The second kappa shape index (κ2) is 7.26. The zero-order chi connectivity index (χ0) is 20.7. The van der Waals surface area contributed by atoms with Crippen LogP contribution in [-0.4, -0.2) is 50.3 Å². The zero-order valence-corrected chi connectivity index (χ0v) is 18.4. The first-order valence-electron chi connectivity index (χ1n) is 9.69. The van der Waals surface area contributed by atoms with Crippen LogP contribution in [0.15, 0.2) is 28.7 Å². The van der Waals surface area contributed by atoms with E-state index in [1.54, 1.807) is 4.90 Å². The molecule has 1 atom stereocenters. The standard InChI is InChI=1S/C21H30N2O4S/c1-19(2,3)27-18(24)23-13-11-21(12-14-23)17(22-28(25)20(4,5)6)15-9-7-8-10-16(15)26-21/h7-10H,11-14H2,1-6H3/b22-17-. The van der Waals surface area contributed by atoms with Crippen LogP contribution in [0.25, 0.3) is 0 Å². The maximum absolute atomic E-state index is 12.8. The molecule has 2 heterocycles. The number of rotatable bonds is 1. The van der Waals surface area contributed by atoms with Gasteiger partial charge in [-0.2, -0.15) is 0 Å². The average Bonchev–Trinajstić information content (AvgIpc) is 2.86. The van der Waals surface area contributed by atoms with Gasteiger partial charge in [0, 0.05) is 31.5 Å². The molecule has 1 spiro atoms. The maximum Gasteiger partial charge on any atom is 0.410 e. The number of likely N-dealkylation sites (tertiary alicyclic amines) is 1. The summed E-state index contributed by atoms with van der Waals surface area (Å²) in [5.74, 6) is 0.762. The highest BCUT2D eigenvalue weighted by atomic mass is 32.2. The number of hydrogen-bond donors (Lipinski definition) is 0. The summed E-state index contributed by atoms with van der Waals surface area (Å²) in [6.07, 6.45) is 0.858. The second-order valence-corrected chi connectivity index (χ2v) is 11.3. The lowest BCUT2D eigenvalue weighted by molar-refractivity contribution is 0.00607. The molecule has 6 nitrogen and oxygen atoms in total. The minimum absolute atomic E-state index is 0.311. The predicted octanol–water partition coefficient (Wildman–Crippen LogP) is 4.10. The quantitative estimate of drug-likeness (QED) is 0.658. The third-order valence-electron chi connectivity index (χ3n) is 4.80. The number of benzene rings is 1. The van der Waals surface area contributed by atoms with Crippen LogP contribution >= 0.6 is 0 Å². The maximum atomic E-state index is 12.8. The molecule has 0 aliphatic carbocycles. The van der Waals surface area contributed by atoms with E-state index in [2.05, 4.69) is 4.40 Å². The van der Waals surface area contributed by atoms with E-state index in [1.165, 1.54) is 0 Å². The number of hydrogen-bond acceptors (Lipinski definition) is 5. The molecule has 3 rings (SSSR count). The molecule has 0 bridgehead atoms. The van der Waals surface area contributed by atoms with Gasteiger partial charge in [-0.3, -0.25) is 0 Å². The van der Waals surface area contributed by atoms with Gasteiger partial charge in [-0.25, -0.2) is 4.79 Å². The largest absolute Gasteiger partial charge is 0.591 e. The summed E-state index contributed by atoms with van der Waals surface area (Å²) in [4.78, 5) is 14.1. The highest BCUT2D eigenvalue weighted by Gasteiger charge is 2.50. The Hall–Kier alpha value is -1.73. The van der Waals surface area contributed by atoms with E-state index in [4.69, 9.17) is 9.47 Å². The molecular formula is C21H30N2O4S. The fraction of sp³-hybridized carbons (Fsp3) is 0.619. The summed E-state index contributed by atoms with van der Waals surface area (Å²) in [5, 5.41) is 0. The number of nitrogens with zero attached hydrogens (tertiary/aromatic N) is 2. The molecule has 7 heteroatoms. The van der Waals surface area contributed by atoms with Gasteiger partial charge in [0.1, 0.15) is 33.2 Å². The van der Waals surface area contributed by atoms with Crippen molar-refractivity contribution in [3.05, 3.63) is 29.8 Å². The molecule has 2 aliphatic heterocycles. The highest BCUT2D eigenvalue weighted by Crippen LogP contribution is 2.42. The van der Waals surface area contributed by atoms with E-state index in [0.717, 1.165) is 17.0 Å². The van der Waals surface area contributed by atoms with Crippen LogP contribution in [-0.2, 0) is 16.1 Å². The molecule has 28 heavy (non-hydrogen) atoms. The number of fused-ring (bicyclic) bond motifs is 1. The molecule has 154 valence electrons. The lowest BCUT2D eigenvalue weighted by Gasteiger charge is -2.39. The number of para-hydroxylation sites is 1. The third-order valence-corrected chi connectivity index (χ3v) is 6.20. The third kappa shape index (κ3) is 4.30. The Balaban J connectivity index is 1.85. The summed E-state index contributed by atoms with van der Waals surface area (Å²) in [6.45, 7) is 12.3. The van der Waals surface area contributed by atoms with Gasteiger partial charge in [0.2, 0.25) is 0 Å². The minimum atomic E-state index is -1.39. The molecule has 1 saturated heterocycles. The molecule has 1 unspecified atom stereocenters. The van der Waals surface area contributed by atoms with E-state index in [-0.39, 0.29) is 6.09 Å². The van der Waals surface area contributed by atoms with Crippen LogP contribution in [0.3, 0.4) is 0 Å². The molecule has 0 aromatic heterocycles. The number of ether oxygens (including phenoxy) is 2. The minimum Gasteiger partial charge on any atom is -0.591 e. The predicted molar refractivity (Wildman–Crippen MR) is 111 cm³/mol. The number of carbonyl (C=O) groups is 1. The molecular weight excluding hydrogens is 376 g/mol. The van der Waals surface area contributed by atoms with Crippen LogP contribution < -0.4 is 4.74 Å². The number of amides is 1. The van der Waals surface area contributed by atoms with Crippen molar-refractivity contribution >= 4 is 23.2 Å². The van der Waals surface area contributed by atoms with Crippen LogP contribution in [0, 0.1) is 0 Å². The van der Waals surface area contributed by atoms with E-state index in [9.17, 15) is 9.35 Å². The van der Waals surface area contributed by atoms with Crippen molar-refractivity contribution < 1.29 is 18.8 Å². The molecule has 0 N–H and O–H groups in total. The van der Waals surface area contributed by atoms with Gasteiger partial charge in [0.15, 0.2) is 5.60 Å². The van der Waals surface area contributed by atoms with Crippen molar-refractivity contribution in [2.75, 3.05) is 13.1 Å². The Bertz CT molecular complexity index is 771. The van der Waals surface area contributed by atoms with Crippen LogP contribution in [0.1, 0.15) is 59.9 Å². The fourth-order valence-corrected chi connectivity index (χ4v) is 4.03. The Morgan fingerprint density at radius 2 is 1.79 bits per heavy atom. The molecule has 0 saturated carbocycles. The van der Waals surface area contributed by atoms with Gasteiger partial charge in [0.25, 0.3) is 0 Å². The Morgan fingerprint density at radius 3 is 2.36 bits per heavy atom. The summed E-state index contributed by atoms with van der Waals surface area (Å²) >= 11 is -1.39. The van der Waals surface area contributed by atoms with Crippen molar-refractivity contribution in [2.24, 2.45) is 4.40 Å². The van der Waals surface area contributed by atoms with Gasteiger partial charge >= 0.3 is 6.09 Å². The van der Waals surface area contributed by atoms with Crippen molar-refractivity contribution in [1.82, 2.24) is 4.90 Å². The molecule has 1 aromatic rings. The molecule has 1 amide bonds. The average molecular weight is 407 g/mol. The van der Waals surface area contributed by atoms with E-state index in [0.29, 0.717) is 25.9 Å². The number of piperidine rings is 1. The Labute approximate surface area is 170 Å². The van der Waals surface area contributed by atoms with E-state index >= 15 is 0 Å². The molecule has 2 aliphatic rings. The van der Waals surface area contributed by atoms with Crippen molar-refractivity contribution in [1.29, 1.82) is 0 Å². The Morgan fingerprint density at radius 1 is 1.18 bits per heavy atom. The van der Waals surface area contributed by atoms with Crippen molar-refractivity contribution in [3.63, 3.8) is 0 Å². The highest BCUT2D eigenvalue weighted by molar-refractivity contribution is 7.91. The van der Waals surface area contributed by atoms with Crippen LogP contribution in [0.4, 0.5) is 4.79 Å². The van der Waals surface area contributed by atoms with Crippen LogP contribution in [0.2, 0.25) is 0 Å². The van der Waals surface area contributed by atoms with Crippen molar-refractivity contribution in [2.45, 2.75) is 70.3 Å². The molecule has 1 aromatic carbocycles. The molecule has 0 radical (unpaired) electrons. The SMILES string of the molecule is CC(C)(C)OC(=O)N1CCC2(CC1)Oc1ccccc1/C2=N/[S+]([O-])C(C)(C)C. The fourth-order valence-electron chi connectivity index (χ4n) is 3.32. The summed E-state index contributed by atoms with van der Waals surface area (Å²) < 4.78 is 28.8. The smallest absolute Gasteiger partial charge is 0.410 e. The summed E-state index contributed by atoms with van der Waals surface area (Å²) in [7, 11) is 0. The van der Waals surface area contributed by atoms with Crippen LogP contribution in [0.5, 0.6) is 5.75 Å². The zero-order valence-electron chi connectivity index (χ0n) is 17.6. The lowest BCUT2D eigenvalue weighted by atomic mass is 9.85. The second-order valence-electron chi connectivity index (χ2n) is 9.36. The van der Waals surface area contributed by atoms with Gasteiger partial charge in [-0.15, -0.1) is 0 Å². The van der Waals surface area contributed by atoms with Gasteiger partial charge in [-0.05, 0) is 53.7 Å². The van der Waals surface area contributed by atoms with Crippen molar-refractivity contribution in [3.8, 4) is 5.75 Å². The van der Waals surface area contributed by atoms with E-state index < -0.39 is 27.3 Å². The topological polar surface area (TPSA) is 74.2 Å². The molecule has 1 fully saturated rings. The monoisotopic (exact) mass is 406 g/mol. The van der Waals surface area contributed by atoms with Gasteiger partial charge in [-0.1, -0.05) is 16.5 Å². The normalized spacial score (nSPS) is 21.4. The Kier molecular flexibility index (Phi) is 5.44. The first kappa shape index (κ1) is 21.0. The van der Waals surface area contributed by atoms with Gasteiger partial charge in [0.05, 0.1) is 0 Å². The first-order valence-corrected chi connectivity index (χ1v) is 10.8. The summed E-state index contributed by atoms with van der Waals surface area (Å²) in [6, 6.07) is 7.74. The first-order chi connectivity index (χ1) is 12.9. The lowest BCUT2D eigenvalue weighted by Crippen LogP contribution is -2.53. The van der Waals surface area contributed by atoms with Gasteiger partial charge < -0.3 is 18.9 Å². The summed E-state index contributed by atoms with van der Waals surface area (Å²) in [5.41, 5.74) is 0.456. The van der Waals surface area contributed by atoms with E-state index in [1.807, 2.05) is 65.8 Å².